The average Bonchev–Trinajstić information content (AvgIpc) is 3.06. The van der Waals surface area contributed by atoms with Crippen LogP contribution < -0.4 is 10.6 Å². The molecule has 2 rings (SSSR count). The molecule has 0 bridgehead atoms. The maximum atomic E-state index is 11.6. The van der Waals surface area contributed by atoms with E-state index in [9.17, 15) is 9.59 Å². The topological polar surface area (TPSA) is 70.7 Å². The molecule has 1 aliphatic rings. The highest BCUT2D eigenvalue weighted by Crippen LogP contribution is 2.14. The van der Waals surface area contributed by atoms with Crippen molar-refractivity contribution in [2.75, 3.05) is 25.5 Å². The first-order chi connectivity index (χ1) is 12.2. The van der Waals surface area contributed by atoms with Gasteiger partial charge in [0.15, 0.2) is 0 Å². The lowest BCUT2D eigenvalue weighted by Gasteiger charge is -2.24. The van der Waals surface area contributed by atoms with E-state index in [1.165, 1.54) is 11.3 Å². The van der Waals surface area contributed by atoms with Gasteiger partial charge in [-0.3, -0.25) is 4.79 Å². The minimum absolute atomic E-state index is 0.0648. The summed E-state index contributed by atoms with van der Waals surface area (Å²) in [7, 11) is 1.92. The number of rotatable bonds is 3. The lowest BCUT2D eigenvalue weighted by Crippen LogP contribution is -2.38. The highest BCUT2D eigenvalue weighted by atomic mass is 16.6. The van der Waals surface area contributed by atoms with Crippen LogP contribution >= 0.6 is 0 Å². The molecule has 0 radical (unpaired) electrons. The Morgan fingerprint density at radius 1 is 1.23 bits per heavy atom. The van der Waals surface area contributed by atoms with Gasteiger partial charge in [-0.1, -0.05) is 31.5 Å². The third-order valence-electron chi connectivity index (χ3n) is 3.48. The molecule has 148 valence electrons. The number of nitrogens with zero attached hydrogens (tertiary/aromatic N) is 1. The lowest BCUT2D eigenvalue weighted by molar-refractivity contribution is -0.110. The van der Waals surface area contributed by atoms with E-state index in [2.05, 4.69) is 41.8 Å². The second-order valence-electron chi connectivity index (χ2n) is 6.81. The zero-order valence-electron chi connectivity index (χ0n) is 17.3. The Hall–Kier alpha value is -2.24. The number of carbonyl (C=O) groups is 2. The summed E-state index contributed by atoms with van der Waals surface area (Å²) in [6.45, 7) is 12.8. The number of anilines is 1. The summed E-state index contributed by atoms with van der Waals surface area (Å²) < 4.78 is 5.22. The van der Waals surface area contributed by atoms with Crippen molar-refractivity contribution in [2.45, 2.75) is 59.6 Å². The summed E-state index contributed by atoms with van der Waals surface area (Å²) in [6.07, 6.45) is 1.15. The van der Waals surface area contributed by atoms with E-state index in [-0.39, 0.29) is 12.1 Å². The van der Waals surface area contributed by atoms with Crippen molar-refractivity contribution < 1.29 is 14.3 Å². The maximum Gasteiger partial charge on any atom is 0.410 e. The molecule has 0 unspecified atom stereocenters. The summed E-state index contributed by atoms with van der Waals surface area (Å²) in [5, 5.41) is 5.72. The minimum atomic E-state index is -0.465. The third-order valence-corrected chi connectivity index (χ3v) is 3.48. The second-order valence-corrected chi connectivity index (χ2v) is 6.81. The molecule has 0 saturated carbocycles. The van der Waals surface area contributed by atoms with Gasteiger partial charge < -0.3 is 20.3 Å². The van der Waals surface area contributed by atoms with Gasteiger partial charge in [0, 0.05) is 31.9 Å². The van der Waals surface area contributed by atoms with Gasteiger partial charge in [-0.2, -0.15) is 0 Å². The van der Waals surface area contributed by atoms with Crippen LogP contribution in [0, 0.1) is 6.92 Å². The molecule has 1 heterocycles. The number of benzene rings is 1. The summed E-state index contributed by atoms with van der Waals surface area (Å²) in [6, 6.07) is 8.37. The number of hydrogen-bond donors (Lipinski definition) is 2. The van der Waals surface area contributed by atoms with Gasteiger partial charge in [-0.15, -0.1) is 0 Å². The van der Waals surface area contributed by atoms with Gasteiger partial charge in [-0.05, 0) is 46.2 Å². The zero-order chi connectivity index (χ0) is 20.2. The predicted octanol–water partition coefficient (Wildman–Crippen LogP) is 3.80. The zero-order valence-corrected chi connectivity index (χ0v) is 17.3. The van der Waals surface area contributed by atoms with Crippen LogP contribution in [-0.4, -0.2) is 49.2 Å². The molecule has 6 heteroatoms. The number of hydrogen-bond acceptors (Lipinski definition) is 4. The lowest BCUT2D eigenvalue weighted by atomic mass is 10.2. The predicted molar refractivity (Wildman–Crippen MR) is 107 cm³/mol. The van der Waals surface area contributed by atoms with Gasteiger partial charge in [0.2, 0.25) is 6.41 Å². The van der Waals surface area contributed by atoms with Crippen LogP contribution in [0.5, 0.6) is 0 Å². The molecule has 26 heavy (non-hydrogen) atoms. The molecule has 1 fully saturated rings. The minimum Gasteiger partial charge on any atom is -0.444 e. The Bertz CT molecular complexity index is 524. The van der Waals surface area contributed by atoms with E-state index in [0.29, 0.717) is 19.5 Å². The van der Waals surface area contributed by atoms with Crippen molar-refractivity contribution >= 4 is 18.2 Å². The van der Waals surface area contributed by atoms with E-state index >= 15 is 0 Å². The van der Waals surface area contributed by atoms with Gasteiger partial charge >= 0.3 is 6.09 Å². The maximum absolute atomic E-state index is 11.6. The molecule has 2 N–H and O–H groups in total. The van der Waals surface area contributed by atoms with Crippen molar-refractivity contribution in [1.82, 2.24) is 10.2 Å². The number of carbonyl (C=O) groups excluding carboxylic acids is 2. The summed E-state index contributed by atoms with van der Waals surface area (Å²) in [5.74, 6) is 0. The Kier molecular flexibility index (Phi) is 11.1. The molecule has 1 aliphatic heterocycles. The van der Waals surface area contributed by atoms with Gasteiger partial charge in [0.05, 0.1) is 0 Å². The van der Waals surface area contributed by atoms with Crippen molar-refractivity contribution in [1.29, 1.82) is 0 Å². The Morgan fingerprint density at radius 2 is 1.81 bits per heavy atom. The van der Waals surface area contributed by atoms with E-state index in [0.717, 1.165) is 6.42 Å². The number of likely N-dealkylation sites (tertiary alicyclic amines) is 1. The van der Waals surface area contributed by atoms with Gasteiger partial charge in [0.25, 0.3) is 0 Å². The van der Waals surface area contributed by atoms with Crippen LogP contribution in [0.4, 0.5) is 10.5 Å². The largest absolute Gasteiger partial charge is 0.444 e. The van der Waals surface area contributed by atoms with Crippen LogP contribution in [-0.2, 0) is 9.53 Å². The first-order valence-electron chi connectivity index (χ1n) is 9.17. The normalized spacial score (nSPS) is 15.7. The molecule has 0 aromatic heterocycles. The van der Waals surface area contributed by atoms with Crippen LogP contribution in [0.1, 0.15) is 46.6 Å². The first kappa shape index (κ1) is 23.8. The standard InChI is InChI=1S/C10H18N2O3.C8H11N.C2H6/c1-10(2,3)15-9(14)12-5-4-8(6-12)11-7-13;1-7-3-5-8(9-2)6-4-7;1-2/h7-8H,4-6H2,1-3H3,(H,11,13);3-6,9H,1-2H3;1-2H3/t8-;;/m0../s1. The van der Waals surface area contributed by atoms with Crippen molar-refractivity contribution in [3.63, 3.8) is 0 Å². The number of amides is 2. The fourth-order valence-electron chi connectivity index (χ4n) is 2.21. The average molecular weight is 366 g/mol. The van der Waals surface area contributed by atoms with E-state index in [4.69, 9.17) is 4.74 Å². The fraction of sp³-hybridized carbons (Fsp3) is 0.600. The molecule has 6 nitrogen and oxygen atoms in total. The molecule has 1 aromatic rings. The second kappa shape index (κ2) is 12.2. The molecule has 1 saturated heterocycles. The van der Waals surface area contributed by atoms with Crippen LogP contribution in [0.15, 0.2) is 24.3 Å². The number of ether oxygens (including phenoxy) is 1. The molecule has 1 atom stereocenters. The summed E-state index contributed by atoms with van der Waals surface area (Å²) >= 11 is 0. The summed E-state index contributed by atoms with van der Waals surface area (Å²) in [4.78, 5) is 23.4. The molecule has 1 aromatic carbocycles. The Labute approximate surface area is 158 Å². The monoisotopic (exact) mass is 365 g/mol. The van der Waals surface area contributed by atoms with Gasteiger partial charge in [-0.25, -0.2) is 4.79 Å². The van der Waals surface area contributed by atoms with Crippen LogP contribution in [0.3, 0.4) is 0 Å². The van der Waals surface area contributed by atoms with E-state index < -0.39 is 5.60 Å². The first-order valence-corrected chi connectivity index (χ1v) is 9.17. The number of nitrogens with one attached hydrogen (secondary N) is 2. The van der Waals surface area contributed by atoms with Crippen molar-refractivity contribution in [3.8, 4) is 0 Å². The molecular formula is C20H35N3O3. The Morgan fingerprint density at radius 3 is 2.27 bits per heavy atom. The highest BCUT2D eigenvalue weighted by molar-refractivity contribution is 5.68. The van der Waals surface area contributed by atoms with Crippen LogP contribution in [0.25, 0.3) is 0 Å². The molecule has 0 spiro atoms. The Balaban J connectivity index is 0.000000484. The quantitative estimate of drug-likeness (QED) is 0.799. The third kappa shape index (κ3) is 9.91. The van der Waals surface area contributed by atoms with Crippen molar-refractivity contribution in [2.24, 2.45) is 0 Å². The number of aryl methyl sites for hydroxylation is 1. The molecular weight excluding hydrogens is 330 g/mol. The SMILES string of the molecule is CC.CC(C)(C)OC(=O)N1CC[C@H](NC=O)C1.CNc1ccc(C)cc1. The summed E-state index contributed by atoms with van der Waals surface area (Å²) in [5.41, 5.74) is 2.00. The van der Waals surface area contributed by atoms with Gasteiger partial charge in [0.1, 0.15) is 5.60 Å². The highest BCUT2D eigenvalue weighted by Gasteiger charge is 2.29. The van der Waals surface area contributed by atoms with E-state index in [1.54, 1.807) is 4.90 Å². The molecule has 0 aliphatic carbocycles. The fourth-order valence-corrected chi connectivity index (χ4v) is 2.21. The molecule has 2 amide bonds. The van der Waals surface area contributed by atoms with Crippen molar-refractivity contribution in [3.05, 3.63) is 29.8 Å². The van der Waals surface area contributed by atoms with E-state index in [1.807, 2.05) is 41.7 Å². The smallest absolute Gasteiger partial charge is 0.410 e. The van der Waals surface area contributed by atoms with Crippen LogP contribution in [0.2, 0.25) is 0 Å².